The van der Waals surface area contributed by atoms with Gasteiger partial charge in [0.15, 0.2) is 0 Å². The van der Waals surface area contributed by atoms with E-state index in [2.05, 4.69) is 26.0 Å². The minimum Gasteiger partial charge on any atom is -0.481 e. The Kier molecular flexibility index (Phi) is 9.90. The lowest BCUT2D eigenvalue weighted by Crippen LogP contribution is -2.03. The van der Waals surface area contributed by atoms with Crippen LogP contribution in [0, 0.1) is 5.92 Å². The molecule has 0 aliphatic rings. The summed E-state index contributed by atoms with van der Waals surface area (Å²) in [4.78, 5) is 10.6. The van der Waals surface area contributed by atoms with Gasteiger partial charge in [0.05, 0.1) is 12.5 Å². The van der Waals surface area contributed by atoms with E-state index in [0.29, 0.717) is 0 Å². The SMILES string of the molecule is C/C(=C/C/C=C(\C)CCCc1ccoc1)CCCC(C)CC(=O)O. The first-order valence-electron chi connectivity index (χ1n) is 9.01. The summed E-state index contributed by atoms with van der Waals surface area (Å²) < 4.78 is 5.08. The summed E-state index contributed by atoms with van der Waals surface area (Å²) in [5.74, 6) is -0.421. The number of aryl methyl sites for hydroxylation is 1. The molecule has 0 fully saturated rings. The fraction of sp³-hybridized carbons (Fsp3) is 0.571. The lowest BCUT2D eigenvalue weighted by molar-refractivity contribution is -0.138. The second-order valence-electron chi connectivity index (χ2n) is 6.92. The molecule has 0 aliphatic carbocycles. The van der Waals surface area contributed by atoms with E-state index in [4.69, 9.17) is 9.52 Å². The van der Waals surface area contributed by atoms with Crippen molar-refractivity contribution in [2.24, 2.45) is 5.92 Å². The van der Waals surface area contributed by atoms with E-state index in [-0.39, 0.29) is 12.3 Å². The number of carboxylic acid groups (broad SMARTS) is 1. The molecule has 0 radical (unpaired) electrons. The van der Waals surface area contributed by atoms with Crippen LogP contribution in [0.3, 0.4) is 0 Å². The monoisotopic (exact) mass is 332 g/mol. The van der Waals surface area contributed by atoms with Crippen LogP contribution in [0.25, 0.3) is 0 Å². The predicted octanol–water partition coefficient (Wildman–Crippen LogP) is 6.17. The topological polar surface area (TPSA) is 50.4 Å². The fourth-order valence-electron chi connectivity index (χ4n) is 2.80. The molecule has 1 atom stereocenters. The highest BCUT2D eigenvalue weighted by Crippen LogP contribution is 2.16. The quantitative estimate of drug-likeness (QED) is 0.466. The van der Waals surface area contributed by atoms with Crippen LogP contribution in [0.4, 0.5) is 0 Å². The van der Waals surface area contributed by atoms with Crippen molar-refractivity contribution in [2.45, 2.75) is 72.1 Å². The smallest absolute Gasteiger partial charge is 0.303 e. The van der Waals surface area contributed by atoms with Gasteiger partial charge in [-0.2, -0.15) is 0 Å². The molecule has 0 bridgehead atoms. The zero-order valence-electron chi connectivity index (χ0n) is 15.4. The molecular formula is C21H32O3. The molecule has 1 heterocycles. The molecule has 3 heteroatoms. The van der Waals surface area contributed by atoms with Crippen molar-refractivity contribution >= 4 is 5.97 Å². The van der Waals surface area contributed by atoms with E-state index in [0.717, 1.165) is 44.9 Å². The molecule has 0 aliphatic heterocycles. The lowest BCUT2D eigenvalue weighted by Gasteiger charge is -2.08. The number of rotatable bonds is 12. The van der Waals surface area contributed by atoms with E-state index in [1.165, 1.54) is 16.7 Å². The van der Waals surface area contributed by atoms with Gasteiger partial charge < -0.3 is 9.52 Å². The summed E-state index contributed by atoms with van der Waals surface area (Å²) in [6.07, 6.45) is 15.9. The molecule has 1 unspecified atom stereocenters. The maximum atomic E-state index is 10.6. The highest BCUT2D eigenvalue weighted by molar-refractivity contribution is 5.66. The molecule has 1 aromatic heterocycles. The maximum Gasteiger partial charge on any atom is 0.303 e. The Hall–Kier alpha value is -1.77. The third-order valence-corrected chi connectivity index (χ3v) is 4.34. The van der Waals surface area contributed by atoms with Gasteiger partial charge in [-0.05, 0) is 76.3 Å². The van der Waals surface area contributed by atoms with E-state index in [9.17, 15) is 4.79 Å². The second-order valence-corrected chi connectivity index (χ2v) is 6.92. The lowest BCUT2D eigenvalue weighted by atomic mass is 9.98. The minimum atomic E-state index is -0.692. The van der Waals surface area contributed by atoms with Gasteiger partial charge in [-0.25, -0.2) is 0 Å². The van der Waals surface area contributed by atoms with E-state index in [1.54, 1.807) is 6.26 Å². The largest absolute Gasteiger partial charge is 0.481 e. The fourth-order valence-corrected chi connectivity index (χ4v) is 2.80. The van der Waals surface area contributed by atoms with Crippen molar-refractivity contribution in [1.82, 2.24) is 0 Å². The molecule has 24 heavy (non-hydrogen) atoms. The van der Waals surface area contributed by atoms with E-state index < -0.39 is 5.97 Å². The molecule has 0 saturated heterocycles. The number of aliphatic carboxylic acids is 1. The van der Waals surface area contributed by atoms with Gasteiger partial charge in [0.1, 0.15) is 0 Å². The Bertz CT molecular complexity index is 523. The Labute approximate surface area is 146 Å². The normalized spacial score (nSPS) is 14.0. The van der Waals surface area contributed by atoms with Crippen LogP contribution < -0.4 is 0 Å². The molecular weight excluding hydrogens is 300 g/mol. The van der Waals surface area contributed by atoms with Gasteiger partial charge in [-0.15, -0.1) is 0 Å². The summed E-state index contributed by atoms with van der Waals surface area (Å²) >= 11 is 0. The van der Waals surface area contributed by atoms with Crippen molar-refractivity contribution in [1.29, 1.82) is 0 Å². The highest BCUT2D eigenvalue weighted by Gasteiger charge is 2.06. The summed E-state index contributed by atoms with van der Waals surface area (Å²) in [5, 5.41) is 8.75. The first-order valence-corrected chi connectivity index (χ1v) is 9.01. The van der Waals surface area contributed by atoms with Crippen LogP contribution >= 0.6 is 0 Å². The number of hydrogen-bond acceptors (Lipinski definition) is 2. The molecule has 3 nitrogen and oxygen atoms in total. The Balaban J connectivity index is 2.15. The van der Waals surface area contributed by atoms with Crippen molar-refractivity contribution in [3.8, 4) is 0 Å². The van der Waals surface area contributed by atoms with Crippen molar-refractivity contribution < 1.29 is 14.3 Å². The predicted molar refractivity (Wildman–Crippen MR) is 99.0 cm³/mol. The molecule has 0 saturated carbocycles. The van der Waals surface area contributed by atoms with Crippen LogP contribution in [0.15, 0.2) is 46.3 Å². The van der Waals surface area contributed by atoms with Crippen LogP contribution in [0.5, 0.6) is 0 Å². The second kappa shape index (κ2) is 11.7. The summed E-state index contributed by atoms with van der Waals surface area (Å²) in [7, 11) is 0. The third-order valence-electron chi connectivity index (χ3n) is 4.34. The van der Waals surface area contributed by atoms with Crippen molar-refractivity contribution in [2.75, 3.05) is 0 Å². The highest BCUT2D eigenvalue weighted by atomic mass is 16.4. The number of carboxylic acids is 1. The van der Waals surface area contributed by atoms with Gasteiger partial charge in [0.2, 0.25) is 0 Å². The third kappa shape index (κ3) is 10.1. The number of carbonyl (C=O) groups is 1. The molecule has 0 amide bonds. The first kappa shape index (κ1) is 20.3. The van der Waals surface area contributed by atoms with Gasteiger partial charge >= 0.3 is 5.97 Å². The average molecular weight is 332 g/mol. The Morgan fingerprint density at radius 3 is 2.46 bits per heavy atom. The van der Waals surface area contributed by atoms with Gasteiger partial charge in [0, 0.05) is 6.42 Å². The molecule has 1 rings (SSSR count). The van der Waals surface area contributed by atoms with Crippen molar-refractivity contribution in [3.05, 3.63) is 47.5 Å². The Morgan fingerprint density at radius 1 is 1.21 bits per heavy atom. The number of allylic oxidation sites excluding steroid dienone is 4. The summed E-state index contributed by atoms with van der Waals surface area (Å²) in [5.41, 5.74) is 4.12. The zero-order chi connectivity index (χ0) is 17.8. The maximum absolute atomic E-state index is 10.6. The van der Waals surface area contributed by atoms with Gasteiger partial charge in [-0.1, -0.05) is 30.2 Å². The van der Waals surface area contributed by atoms with Gasteiger partial charge in [0.25, 0.3) is 0 Å². The minimum absolute atomic E-state index is 0.271. The summed E-state index contributed by atoms with van der Waals surface area (Å²) in [6.45, 7) is 6.39. The first-order chi connectivity index (χ1) is 11.5. The molecule has 134 valence electrons. The zero-order valence-corrected chi connectivity index (χ0v) is 15.4. The summed E-state index contributed by atoms with van der Waals surface area (Å²) in [6, 6.07) is 2.03. The van der Waals surface area contributed by atoms with Crippen molar-refractivity contribution in [3.63, 3.8) is 0 Å². The molecule has 0 spiro atoms. The van der Waals surface area contributed by atoms with E-state index in [1.807, 2.05) is 19.3 Å². The average Bonchev–Trinajstić information content (AvgIpc) is 2.99. The van der Waals surface area contributed by atoms with Crippen LogP contribution in [-0.2, 0) is 11.2 Å². The van der Waals surface area contributed by atoms with Crippen LogP contribution in [0.1, 0.15) is 71.3 Å². The van der Waals surface area contributed by atoms with Crippen LogP contribution in [0.2, 0.25) is 0 Å². The Morgan fingerprint density at radius 2 is 1.88 bits per heavy atom. The van der Waals surface area contributed by atoms with E-state index >= 15 is 0 Å². The number of furan rings is 1. The standard InChI is InChI=1S/C21H32O3/c1-17(9-5-11-19(3)15-21(22)23)7-4-8-18(2)10-6-12-20-13-14-24-16-20/h7-8,13-14,16,19H,4-6,9-12,15H2,1-3H3,(H,22,23)/b17-7-,18-8+. The molecule has 1 N–H and O–H groups in total. The molecule has 0 aromatic carbocycles. The van der Waals surface area contributed by atoms with Crippen LogP contribution in [-0.4, -0.2) is 11.1 Å². The number of hydrogen-bond donors (Lipinski definition) is 1. The molecule has 1 aromatic rings. The van der Waals surface area contributed by atoms with Gasteiger partial charge in [-0.3, -0.25) is 4.79 Å².